The van der Waals surface area contributed by atoms with Gasteiger partial charge in [-0.1, -0.05) is 11.1 Å². The second-order valence-electron chi connectivity index (χ2n) is 2.57. The van der Waals surface area contributed by atoms with Crippen LogP contribution >= 0.6 is 0 Å². The SMILES string of the molecule is Cc1c([S-])c([S-])c(C)c([S-])c1[S-].[Na+].[Na+].[Na+].[Na+]. The van der Waals surface area contributed by atoms with E-state index in [2.05, 4.69) is 0 Å². The Balaban J connectivity index is -0.000000180. The maximum Gasteiger partial charge on any atom is 1.00 e. The average molecular weight is 322 g/mol. The molecule has 0 spiro atoms. The van der Waals surface area contributed by atoms with Gasteiger partial charge in [-0.2, -0.15) is 19.6 Å². The van der Waals surface area contributed by atoms with Crippen LogP contribution in [0.5, 0.6) is 0 Å². The normalized spacial score (nSPS) is 7.62. The number of benzene rings is 1. The summed E-state index contributed by atoms with van der Waals surface area (Å²) >= 11 is 20.4. The molecule has 1 aromatic rings. The molecule has 0 aliphatic heterocycles. The van der Waals surface area contributed by atoms with Crippen LogP contribution in [0.3, 0.4) is 0 Å². The Morgan fingerprint density at radius 2 is 0.625 bits per heavy atom. The first kappa shape index (κ1) is 28.3. The first-order valence-electron chi connectivity index (χ1n) is 3.32. The van der Waals surface area contributed by atoms with E-state index in [1.165, 1.54) is 0 Å². The van der Waals surface area contributed by atoms with Crippen LogP contribution in [-0.4, -0.2) is 0 Å². The van der Waals surface area contributed by atoms with Crippen molar-refractivity contribution >= 4 is 50.5 Å². The van der Waals surface area contributed by atoms with Gasteiger partial charge >= 0.3 is 118 Å². The molecule has 0 N–H and O–H groups in total. The molecule has 0 saturated carbocycles. The Kier molecular flexibility index (Phi) is 22.7. The predicted octanol–water partition coefficient (Wildman–Crippen LogP) is -10.1. The molecule has 0 radical (unpaired) electrons. The smallest absolute Gasteiger partial charge is 0.781 e. The molecule has 0 aliphatic carbocycles. The van der Waals surface area contributed by atoms with E-state index >= 15 is 0 Å². The van der Waals surface area contributed by atoms with Crippen LogP contribution in [0.4, 0.5) is 0 Å². The maximum absolute atomic E-state index is 5.11. The Hall–Kier alpha value is 4.10. The summed E-state index contributed by atoms with van der Waals surface area (Å²) in [6.07, 6.45) is 0. The van der Waals surface area contributed by atoms with Crippen molar-refractivity contribution in [2.45, 2.75) is 33.4 Å². The summed E-state index contributed by atoms with van der Waals surface area (Å²) in [5, 5.41) is 0. The molecule has 16 heavy (non-hydrogen) atoms. The fourth-order valence-corrected chi connectivity index (χ4v) is 2.04. The van der Waals surface area contributed by atoms with Crippen LogP contribution in [0.1, 0.15) is 11.1 Å². The average Bonchev–Trinajstić information content (AvgIpc) is 2.08. The third-order valence-corrected chi connectivity index (χ3v) is 4.07. The van der Waals surface area contributed by atoms with Gasteiger partial charge in [0, 0.05) is 0 Å². The second-order valence-corrected chi connectivity index (χ2v) is 4.20. The monoisotopic (exact) mass is 322 g/mol. The molecule has 0 aliphatic rings. The molecule has 1 aromatic carbocycles. The molecule has 0 nitrogen and oxygen atoms in total. The zero-order valence-electron chi connectivity index (χ0n) is 10.6. The van der Waals surface area contributed by atoms with Gasteiger partial charge in [-0.25, -0.2) is 0 Å². The third-order valence-electron chi connectivity index (χ3n) is 1.77. The first-order valence-corrected chi connectivity index (χ1v) is 4.95. The largest absolute Gasteiger partial charge is 1.00 e. The van der Waals surface area contributed by atoms with Gasteiger partial charge in [0.25, 0.3) is 0 Å². The van der Waals surface area contributed by atoms with Crippen molar-refractivity contribution in [2.75, 3.05) is 0 Å². The van der Waals surface area contributed by atoms with Gasteiger partial charge in [-0.15, -0.1) is 0 Å². The predicted molar refractivity (Wildman–Crippen MR) is 58.4 cm³/mol. The van der Waals surface area contributed by atoms with Gasteiger partial charge in [0.1, 0.15) is 0 Å². The van der Waals surface area contributed by atoms with E-state index in [-0.39, 0.29) is 118 Å². The minimum absolute atomic E-state index is 0. The molecule has 0 fully saturated rings. The minimum atomic E-state index is 0. The zero-order valence-corrected chi connectivity index (χ0v) is 21.9. The van der Waals surface area contributed by atoms with Crippen LogP contribution < -0.4 is 118 Å². The van der Waals surface area contributed by atoms with Crippen molar-refractivity contribution in [3.05, 3.63) is 11.1 Å². The van der Waals surface area contributed by atoms with E-state index in [0.29, 0.717) is 19.6 Å². The van der Waals surface area contributed by atoms with E-state index in [4.69, 9.17) is 50.5 Å². The van der Waals surface area contributed by atoms with Crippen LogP contribution in [0, 0.1) is 13.8 Å². The molecular weight excluding hydrogens is 316 g/mol. The van der Waals surface area contributed by atoms with Gasteiger partial charge in [0.15, 0.2) is 0 Å². The van der Waals surface area contributed by atoms with Crippen molar-refractivity contribution in [1.29, 1.82) is 0 Å². The van der Waals surface area contributed by atoms with Crippen molar-refractivity contribution in [2.24, 2.45) is 0 Å². The molecule has 0 atom stereocenters. The van der Waals surface area contributed by atoms with E-state index in [9.17, 15) is 0 Å². The van der Waals surface area contributed by atoms with Crippen molar-refractivity contribution in [3.8, 4) is 0 Å². The molecule has 66 valence electrons. The minimum Gasteiger partial charge on any atom is -0.781 e. The quantitative estimate of drug-likeness (QED) is 0.344. The van der Waals surface area contributed by atoms with Crippen LogP contribution in [0.15, 0.2) is 19.6 Å². The number of rotatable bonds is 0. The summed E-state index contributed by atoms with van der Waals surface area (Å²) in [5.74, 6) is 0. The van der Waals surface area contributed by atoms with E-state index in [0.717, 1.165) is 11.1 Å². The van der Waals surface area contributed by atoms with Crippen molar-refractivity contribution < 1.29 is 118 Å². The molecule has 0 bridgehead atoms. The van der Waals surface area contributed by atoms with Crippen molar-refractivity contribution in [3.63, 3.8) is 0 Å². The molecular formula is C8H6Na4S4. The summed E-state index contributed by atoms with van der Waals surface area (Å²) in [7, 11) is 0. The summed E-state index contributed by atoms with van der Waals surface area (Å²) in [4.78, 5) is 2.73. The van der Waals surface area contributed by atoms with Crippen LogP contribution in [0.2, 0.25) is 0 Å². The topological polar surface area (TPSA) is 0 Å². The zero-order chi connectivity index (χ0) is 9.46. The fourth-order valence-electron chi connectivity index (χ4n) is 0.887. The fraction of sp³-hybridized carbons (Fsp3) is 0.250. The third kappa shape index (κ3) is 6.70. The molecule has 8 heteroatoms. The van der Waals surface area contributed by atoms with Gasteiger partial charge in [0.05, 0.1) is 0 Å². The summed E-state index contributed by atoms with van der Waals surface area (Å²) in [6, 6.07) is 0. The Morgan fingerprint density at radius 1 is 0.500 bits per heavy atom. The van der Waals surface area contributed by atoms with Gasteiger partial charge in [-0.05, 0) is 13.8 Å². The standard InChI is InChI=1S/C8H10S4.4Na/c1-3-5(9)7(11)4(2)8(12)6(3)10;;;;/h9-12H,1-2H3;;;;/q;4*+1/p-4. The Bertz CT molecular complexity index is 238. The van der Waals surface area contributed by atoms with E-state index in [1.807, 2.05) is 13.8 Å². The Labute approximate surface area is 208 Å². The summed E-state index contributed by atoms with van der Waals surface area (Å²) in [5.41, 5.74) is 1.75. The van der Waals surface area contributed by atoms with Crippen molar-refractivity contribution in [1.82, 2.24) is 0 Å². The first-order chi connectivity index (χ1) is 5.46. The molecule has 0 unspecified atom stereocenters. The van der Waals surface area contributed by atoms with Gasteiger partial charge < -0.3 is 50.5 Å². The van der Waals surface area contributed by atoms with Gasteiger partial charge in [0.2, 0.25) is 0 Å². The van der Waals surface area contributed by atoms with E-state index < -0.39 is 0 Å². The molecule has 0 saturated heterocycles. The van der Waals surface area contributed by atoms with E-state index in [1.54, 1.807) is 0 Å². The molecule has 0 amide bonds. The Morgan fingerprint density at radius 3 is 0.750 bits per heavy atom. The number of hydrogen-bond donors (Lipinski definition) is 0. The maximum atomic E-state index is 5.11. The van der Waals surface area contributed by atoms with Crippen LogP contribution in [0.25, 0.3) is 0 Å². The second kappa shape index (κ2) is 12.8. The molecule has 0 aromatic heterocycles. The van der Waals surface area contributed by atoms with Crippen LogP contribution in [-0.2, 0) is 50.5 Å². The molecule has 1 rings (SSSR count). The number of hydrogen-bond acceptors (Lipinski definition) is 4. The summed E-state index contributed by atoms with van der Waals surface area (Å²) in [6.45, 7) is 3.74. The van der Waals surface area contributed by atoms with Gasteiger partial charge in [-0.3, -0.25) is 0 Å². The molecule has 0 heterocycles. The summed E-state index contributed by atoms with van der Waals surface area (Å²) < 4.78 is 0.